The SMILES string of the molecule is Cc1cc(C(O)(c2ccccc2)C(F)(F)F)ccc1N(C)S(=O)(=O)c1cc(Cl)ccc1Cl. The molecule has 0 radical (unpaired) electrons. The van der Waals surface area contributed by atoms with Gasteiger partial charge in [0.1, 0.15) is 4.90 Å². The zero-order valence-corrected chi connectivity index (χ0v) is 19.2. The Morgan fingerprint density at radius 2 is 1.53 bits per heavy atom. The van der Waals surface area contributed by atoms with E-state index in [4.69, 9.17) is 23.2 Å². The van der Waals surface area contributed by atoms with Gasteiger partial charge in [-0.25, -0.2) is 8.42 Å². The summed E-state index contributed by atoms with van der Waals surface area (Å²) >= 11 is 11.9. The molecule has 0 aromatic heterocycles. The highest BCUT2D eigenvalue weighted by molar-refractivity contribution is 7.93. The highest BCUT2D eigenvalue weighted by Gasteiger charge is 2.56. The van der Waals surface area contributed by atoms with Crippen molar-refractivity contribution in [2.75, 3.05) is 11.4 Å². The second-order valence-electron chi connectivity index (χ2n) is 7.12. The standard InChI is InChI=1S/C22H18Cl2F3NO3S/c1-14-12-16(21(29,22(25,26)27)15-6-4-3-5-7-15)8-11-19(14)28(2)32(30,31)20-13-17(23)9-10-18(20)24/h3-13,29H,1-2H3. The van der Waals surface area contributed by atoms with Gasteiger partial charge >= 0.3 is 6.18 Å². The van der Waals surface area contributed by atoms with E-state index < -0.39 is 27.4 Å². The topological polar surface area (TPSA) is 57.6 Å². The Morgan fingerprint density at radius 3 is 2.09 bits per heavy atom. The molecule has 4 nitrogen and oxygen atoms in total. The number of anilines is 1. The minimum Gasteiger partial charge on any atom is -0.372 e. The number of halogens is 5. The number of aryl methyl sites for hydroxylation is 1. The van der Waals surface area contributed by atoms with E-state index in [0.717, 1.165) is 16.4 Å². The van der Waals surface area contributed by atoms with Gasteiger partial charge in [0.05, 0.1) is 10.7 Å². The molecule has 1 N–H and O–H groups in total. The van der Waals surface area contributed by atoms with Gasteiger partial charge in [0.25, 0.3) is 10.0 Å². The molecule has 1 unspecified atom stereocenters. The van der Waals surface area contributed by atoms with Crippen molar-refractivity contribution in [1.29, 1.82) is 0 Å². The van der Waals surface area contributed by atoms with E-state index in [1.807, 2.05) is 0 Å². The number of nitrogens with zero attached hydrogens (tertiary/aromatic N) is 1. The molecule has 0 heterocycles. The Bertz CT molecular complexity index is 1250. The maximum Gasteiger partial charge on any atom is 0.425 e. The average molecular weight is 504 g/mol. The molecule has 10 heteroatoms. The van der Waals surface area contributed by atoms with Crippen LogP contribution in [0.3, 0.4) is 0 Å². The van der Waals surface area contributed by atoms with Crippen LogP contribution in [0.2, 0.25) is 10.0 Å². The van der Waals surface area contributed by atoms with Crippen LogP contribution in [0.1, 0.15) is 16.7 Å². The van der Waals surface area contributed by atoms with E-state index in [2.05, 4.69) is 0 Å². The van der Waals surface area contributed by atoms with E-state index >= 15 is 0 Å². The Morgan fingerprint density at radius 1 is 0.906 bits per heavy atom. The first-order chi connectivity index (χ1) is 14.8. The lowest BCUT2D eigenvalue weighted by molar-refractivity contribution is -0.248. The Hall–Kier alpha value is -2.26. The molecule has 0 saturated heterocycles. The molecule has 0 amide bonds. The monoisotopic (exact) mass is 503 g/mol. The highest BCUT2D eigenvalue weighted by Crippen LogP contribution is 2.45. The molecule has 3 rings (SSSR count). The van der Waals surface area contributed by atoms with Crippen LogP contribution >= 0.6 is 23.2 Å². The molecular formula is C22H18Cl2F3NO3S. The lowest BCUT2D eigenvalue weighted by atomic mass is 9.85. The maximum atomic E-state index is 14.0. The number of hydrogen-bond donors (Lipinski definition) is 1. The molecule has 0 aliphatic carbocycles. The summed E-state index contributed by atoms with van der Waals surface area (Å²) in [6.45, 7) is 1.45. The van der Waals surface area contributed by atoms with Gasteiger partial charge in [-0.2, -0.15) is 13.2 Å². The van der Waals surface area contributed by atoms with Crippen molar-refractivity contribution in [3.63, 3.8) is 0 Å². The fraction of sp³-hybridized carbons (Fsp3) is 0.182. The first-order valence-corrected chi connectivity index (χ1v) is 11.4. The minimum absolute atomic E-state index is 0.0500. The summed E-state index contributed by atoms with van der Waals surface area (Å²) in [5.74, 6) is 0. The summed E-state index contributed by atoms with van der Waals surface area (Å²) in [5, 5.41) is 10.9. The zero-order chi connectivity index (χ0) is 23.9. The fourth-order valence-corrected chi connectivity index (χ4v) is 5.36. The smallest absolute Gasteiger partial charge is 0.372 e. The number of sulfonamides is 1. The van der Waals surface area contributed by atoms with Crippen LogP contribution in [0.5, 0.6) is 0 Å². The van der Waals surface area contributed by atoms with Crippen molar-refractivity contribution in [3.05, 3.63) is 93.5 Å². The maximum absolute atomic E-state index is 14.0. The summed E-state index contributed by atoms with van der Waals surface area (Å²) in [4.78, 5) is -0.242. The normalized spacial score (nSPS) is 14.1. The van der Waals surface area contributed by atoms with E-state index in [0.29, 0.717) is 0 Å². The zero-order valence-electron chi connectivity index (χ0n) is 16.9. The van der Waals surface area contributed by atoms with Crippen molar-refractivity contribution >= 4 is 38.9 Å². The Labute approximate surface area is 193 Å². The molecule has 0 aliphatic rings. The van der Waals surface area contributed by atoms with Gasteiger partial charge in [-0.1, -0.05) is 65.7 Å². The third kappa shape index (κ3) is 4.20. The summed E-state index contributed by atoms with van der Waals surface area (Å²) in [6.07, 6.45) is -5.02. The molecular weight excluding hydrogens is 486 g/mol. The van der Waals surface area contributed by atoms with Gasteiger partial charge in [-0.05, 0) is 47.9 Å². The molecule has 170 valence electrons. The number of aliphatic hydroxyl groups is 1. The van der Waals surface area contributed by atoms with Gasteiger partial charge in [0, 0.05) is 12.1 Å². The van der Waals surface area contributed by atoms with Gasteiger partial charge in [0.15, 0.2) is 0 Å². The minimum atomic E-state index is -5.02. The van der Waals surface area contributed by atoms with Crippen molar-refractivity contribution in [2.24, 2.45) is 0 Å². The van der Waals surface area contributed by atoms with Crippen molar-refractivity contribution in [1.82, 2.24) is 0 Å². The number of benzene rings is 3. The molecule has 3 aromatic carbocycles. The summed E-state index contributed by atoms with van der Waals surface area (Å²) in [7, 11) is -2.91. The lowest BCUT2D eigenvalue weighted by Gasteiger charge is -2.32. The number of alkyl halides is 3. The second-order valence-corrected chi connectivity index (χ2v) is 9.90. The number of rotatable bonds is 5. The summed E-state index contributed by atoms with van der Waals surface area (Å²) < 4.78 is 69.0. The molecule has 0 fully saturated rings. The predicted molar refractivity (Wildman–Crippen MR) is 119 cm³/mol. The second kappa shape index (κ2) is 8.59. The van der Waals surface area contributed by atoms with Crippen LogP contribution in [-0.4, -0.2) is 26.7 Å². The lowest BCUT2D eigenvalue weighted by Crippen LogP contribution is -2.43. The molecule has 0 spiro atoms. The van der Waals surface area contributed by atoms with Crippen molar-refractivity contribution < 1.29 is 26.7 Å². The van der Waals surface area contributed by atoms with Gasteiger partial charge in [-0.3, -0.25) is 4.31 Å². The van der Waals surface area contributed by atoms with Crippen molar-refractivity contribution in [2.45, 2.75) is 23.6 Å². The summed E-state index contributed by atoms with van der Waals surface area (Å²) in [5.41, 5.74) is -3.76. The van der Waals surface area contributed by atoms with Gasteiger partial charge in [-0.15, -0.1) is 0 Å². The summed E-state index contributed by atoms with van der Waals surface area (Å²) in [6, 6.07) is 14.0. The molecule has 0 aliphatic heterocycles. The highest BCUT2D eigenvalue weighted by atomic mass is 35.5. The Balaban J connectivity index is 2.10. The van der Waals surface area contributed by atoms with Crippen LogP contribution < -0.4 is 4.31 Å². The van der Waals surface area contributed by atoms with E-state index in [1.54, 1.807) is 0 Å². The molecule has 0 bridgehead atoms. The largest absolute Gasteiger partial charge is 0.425 e. The van der Waals surface area contributed by atoms with Crippen molar-refractivity contribution in [3.8, 4) is 0 Å². The molecule has 0 saturated carbocycles. The average Bonchev–Trinajstić information content (AvgIpc) is 2.74. The van der Waals surface area contributed by atoms with E-state index in [-0.39, 0.29) is 31.8 Å². The van der Waals surface area contributed by atoms with Gasteiger partial charge in [0.2, 0.25) is 5.60 Å². The van der Waals surface area contributed by atoms with Crippen LogP contribution in [-0.2, 0) is 15.6 Å². The van der Waals surface area contributed by atoms with Crippen LogP contribution in [0.15, 0.2) is 71.6 Å². The van der Waals surface area contributed by atoms with Crippen LogP contribution in [0.4, 0.5) is 18.9 Å². The number of hydrogen-bond acceptors (Lipinski definition) is 3. The van der Waals surface area contributed by atoms with Crippen LogP contribution in [0, 0.1) is 6.92 Å². The molecule has 1 atom stereocenters. The fourth-order valence-electron chi connectivity index (χ4n) is 3.36. The third-order valence-electron chi connectivity index (χ3n) is 5.09. The quantitative estimate of drug-likeness (QED) is 0.469. The first-order valence-electron chi connectivity index (χ1n) is 9.20. The predicted octanol–water partition coefficient (Wildman–Crippen LogP) is 5.93. The Kier molecular flexibility index (Phi) is 6.55. The third-order valence-corrected chi connectivity index (χ3v) is 7.58. The van der Waals surface area contributed by atoms with E-state index in [1.165, 1.54) is 68.6 Å². The molecule has 32 heavy (non-hydrogen) atoms. The molecule has 3 aromatic rings. The van der Waals surface area contributed by atoms with Crippen LogP contribution in [0.25, 0.3) is 0 Å². The van der Waals surface area contributed by atoms with Gasteiger partial charge < -0.3 is 5.11 Å². The van der Waals surface area contributed by atoms with E-state index in [9.17, 15) is 26.7 Å². The first kappa shape index (κ1) is 24.4.